The lowest BCUT2D eigenvalue weighted by atomic mass is 10.1. The number of amides is 3. The molecule has 0 radical (unpaired) electrons. The van der Waals surface area contributed by atoms with Crippen LogP contribution >= 0.6 is 11.8 Å². The minimum absolute atomic E-state index is 0.0875. The second kappa shape index (κ2) is 8.84. The molecule has 3 rings (SSSR count). The van der Waals surface area contributed by atoms with Gasteiger partial charge in [0.15, 0.2) is 5.82 Å². The van der Waals surface area contributed by atoms with Crippen LogP contribution in [-0.2, 0) is 11.2 Å². The number of aryl methyl sites for hydroxylation is 1. The molecule has 0 bridgehead atoms. The highest BCUT2D eigenvalue weighted by atomic mass is 32.2. The molecule has 2 aromatic rings. The third kappa shape index (κ3) is 5.08. The van der Waals surface area contributed by atoms with Crippen LogP contribution in [0.1, 0.15) is 38.2 Å². The molecule has 138 valence electrons. The highest BCUT2D eigenvalue weighted by molar-refractivity contribution is 7.99. The fraction of sp³-hybridized carbons (Fsp3) is 0.444. The third-order valence-electron chi connectivity index (χ3n) is 4.38. The van der Waals surface area contributed by atoms with Crippen molar-refractivity contribution in [2.24, 2.45) is 0 Å². The van der Waals surface area contributed by atoms with Gasteiger partial charge in [0.2, 0.25) is 11.1 Å². The van der Waals surface area contributed by atoms with Crippen molar-refractivity contribution >= 4 is 23.7 Å². The van der Waals surface area contributed by atoms with Crippen LogP contribution in [0.4, 0.5) is 4.79 Å². The van der Waals surface area contributed by atoms with Crippen LogP contribution in [0.3, 0.4) is 0 Å². The summed E-state index contributed by atoms with van der Waals surface area (Å²) in [4.78, 5) is 28.0. The summed E-state index contributed by atoms with van der Waals surface area (Å²) in [7, 11) is 0. The first-order valence-corrected chi connectivity index (χ1v) is 9.87. The number of nitrogens with zero attached hydrogens (tertiary/aromatic N) is 2. The van der Waals surface area contributed by atoms with E-state index in [-0.39, 0.29) is 17.7 Å². The topological polar surface area (TPSA) is 99.8 Å². The number of hydrogen-bond acceptors (Lipinski definition) is 5. The predicted molar refractivity (Wildman–Crippen MR) is 101 cm³/mol. The van der Waals surface area contributed by atoms with Crippen molar-refractivity contribution in [1.29, 1.82) is 0 Å². The molecule has 1 saturated carbocycles. The maximum atomic E-state index is 11.9. The minimum atomic E-state index is -0.422. The Labute approximate surface area is 156 Å². The zero-order valence-electron chi connectivity index (χ0n) is 14.7. The molecule has 0 atom stereocenters. The number of carbonyl (C=O) groups is 2. The molecule has 1 aliphatic rings. The number of urea groups is 1. The van der Waals surface area contributed by atoms with E-state index < -0.39 is 6.03 Å². The van der Waals surface area contributed by atoms with Crippen molar-refractivity contribution in [3.63, 3.8) is 0 Å². The lowest BCUT2D eigenvalue weighted by Crippen LogP contribution is -2.44. The Balaban J connectivity index is 1.46. The van der Waals surface area contributed by atoms with Crippen molar-refractivity contribution < 1.29 is 9.59 Å². The Morgan fingerprint density at radius 2 is 1.96 bits per heavy atom. The number of imide groups is 1. The summed E-state index contributed by atoms with van der Waals surface area (Å²) in [6.07, 6.45) is 5.21. The summed E-state index contributed by atoms with van der Waals surface area (Å²) in [6, 6.07) is 7.86. The van der Waals surface area contributed by atoms with Crippen molar-refractivity contribution in [3.05, 3.63) is 29.8 Å². The molecule has 1 aliphatic carbocycles. The van der Waals surface area contributed by atoms with Gasteiger partial charge >= 0.3 is 6.03 Å². The van der Waals surface area contributed by atoms with E-state index in [1.54, 1.807) is 0 Å². The monoisotopic (exact) mass is 373 g/mol. The van der Waals surface area contributed by atoms with E-state index in [4.69, 9.17) is 0 Å². The number of carbonyl (C=O) groups excluding carboxylic acids is 2. The van der Waals surface area contributed by atoms with Crippen LogP contribution in [0, 0.1) is 0 Å². The van der Waals surface area contributed by atoms with Gasteiger partial charge in [0.25, 0.3) is 0 Å². The number of hydrogen-bond donors (Lipinski definition) is 3. The second-order valence-electron chi connectivity index (χ2n) is 6.31. The van der Waals surface area contributed by atoms with Gasteiger partial charge in [-0.15, -0.1) is 5.10 Å². The third-order valence-corrected chi connectivity index (χ3v) is 5.22. The van der Waals surface area contributed by atoms with Crippen LogP contribution in [0.5, 0.6) is 0 Å². The van der Waals surface area contributed by atoms with Crippen LogP contribution in [0.15, 0.2) is 29.4 Å². The number of rotatable bonds is 6. The van der Waals surface area contributed by atoms with Gasteiger partial charge in [-0.2, -0.15) is 0 Å². The van der Waals surface area contributed by atoms with E-state index >= 15 is 0 Å². The molecule has 0 saturated heterocycles. The summed E-state index contributed by atoms with van der Waals surface area (Å²) in [6.45, 7) is 2.11. The number of H-pyrrole nitrogens is 1. The summed E-state index contributed by atoms with van der Waals surface area (Å²) in [5.41, 5.74) is 2.21. The normalized spacial score (nSPS) is 14.3. The first kappa shape index (κ1) is 18.4. The van der Waals surface area contributed by atoms with Crippen molar-refractivity contribution in [1.82, 2.24) is 25.8 Å². The average molecular weight is 373 g/mol. The van der Waals surface area contributed by atoms with Gasteiger partial charge in [0.05, 0.1) is 5.75 Å². The Morgan fingerprint density at radius 1 is 1.23 bits per heavy atom. The van der Waals surface area contributed by atoms with E-state index in [0.717, 1.165) is 37.7 Å². The predicted octanol–water partition coefficient (Wildman–Crippen LogP) is 2.89. The second-order valence-corrected chi connectivity index (χ2v) is 7.25. The molecule has 0 spiro atoms. The molecule has 7 nitrogen and oxygen atoms in total. The van der Waals surface area contributed by atoms with Crippen molar-refractivity contribution in [2.75, 3.05) is 5.75 Å². The smallest absolute Gasteiger partial charge is 0.321 e. The van der Waals surface area contributed by atoms with Gasteiger partial charge in [-0.25, -0.2) is 9.78 Å². The number of aromatic amines is 1. The van der Waals surface area contributed by atoms with Crippen LogP contribution in [-0.4, -0.2) is 38.9 Å². The standard InChI is InChI=1S/C18H23N5O2S/c1-2-12-7-9-13(10-8-12)16-21-18(23-22-16)26-11-15(24)20-17(25)19-14-5-3-4-6-14/h7-10,14H,2-6,11H2,1H3,(H,21,22,23)(H2,19,20,24,25). The molecule has 26 heavy (non-hydrogen) atoms. The molecular weight excluding hydrogens is 350 g/mol. The van der Waals surface area contributed by atoms with Crippen molar-refractivity contribution in [2.45, 2.75) is 50.2 Å². The van der Waals surface area contributed by atoms with E-state index in [9.17, 15) is 9.59 Å². The Bertz CT molecular complexity index is 753. The molecule has 1 aromatic carbocycles. The van der Waals surface area contributed by atoms with Gasteiger partial charge in [0, 0.05) is 11.6 Å². The zero-order chi connectivity index (χ0) is 18.4. The van der Waals surface area contributed by atoms with Gasteiger partial charge < -0.3 is 5.32 Å². The zero-order valence-corrected chi connectivity index (χ0v) is 15.6. The minimum Gasteiger partial charge on any atom is -0.335 e. The first-order valence-electron chi connectivity index (χ1n) is 8.89. The molecule has 1 heterocycles. The lowest BCUT2D eigenvalue weighted by Gasteiger charge is -2.11. The highest BCUT2D eigenvalue weighted by Gasteiger charge is 2.18. The summed E-state index contributed by atoms with van der Waals surface area (Å²) in [5, 5.41) is 12.7. The molecule has 3 amide bonds. The molecule has 1 aromatic heterocycles. The lowest BCUT2D eigenvalue weighted by molar-refractivity contribution is -0.117. The fourth-order valence-corrected chi connectivity index (χ4v) is 3.52. The van der Waals surface area contributed by atoms with E-state index in [1.165, 1.54) is 17.3 Å². The molecule has 8 heteroatoms. The molecule has 0 aliphatic heterocycles. The van der Waals surface area contributed by atoms with Gasteiger partial charge in [-0.05, 0) is 24.8 Å². The van der Waals surface area contributed by atoms with Gasteiger partial charge in [0.1, 0.15) is 0 Å². The van der Waals surface area contributed by atoms with E-state index in [0.29, 0.717) is 11.0 Å². The van der Waals surface area contributed by atoms with Crippen LogP contribution in [0.25, 0.3) is 11.4 Å². The Hall–Kier alpha value is -2.35. The molecule has 1 fully saturated rings. The SMILES string of the molecule is CCc1ccc(-c2nc(SCC(=O)NC(=O)NC3CCCC3)n[nH]2)cc1. The summed E-state index contributed by atoms with van der Waals surface area (Å²) >= 11 is 1.19. The molecule has 0 unspecified atom stereocenters. The Kier molecular flexibility index (Phi) is 6.27. The first-order chi connectivity index (χ1) is 12.6. The molecular formula is C18H23N5O2S. The van der Waals surface area contributed by atoms with E-state index in [2.05, 4.69) is 44.9 Å². The summed E-state index contributed by atoms with van der Waals surface area (Å²) in [5.74, 6) is 0.392. The average Bonchev–Trinajstić information content (AvgIpc) is 3.32. The van der Waals surface area contributed by atoms with Crippen LogP contribution < -0.4 is 10.6 Å². The van der Waals surface area contributed by atoms with E-state index in [1.807, 2.05) is 12.1 Å². The maximum absolute atomic E-state index is 11.9. The fourth-order valence-electron chi connectivity index (χ4n) is 2.92. The van der Waals surface area contributed by atoms with Gasteiger partial charge in [-0.1, -0.05) is 55.8 Å². The quantitative estimate of drug-likeness (QED) is 0.676. The van der Waals surface area contributed by atoms with Crippen molar-refractivity contribution in [3.8, 4) is 11.4 Å². The molecule has 3 N–H and O–H groups in total. The highest BCUT2D eigenvalue weighted by Crippen LogP contribution is 2.20. The largest absolute Gasteiger partial charge is 0.335 e. The number of thioether (sulfide) groups is 1. The number of nitrogens with one attached hydrogen (secondary N) is 3. The number of aromatic nitrogens is 3. The Morgan fingerprint density at radius 3 is 2.65 bits per heavy atom. The van der Waals surface area contributed by atoms with Crippen LogP contribution in [0.2, 0.25) is 0 Å². The van der Waals surface area contributed by atoms with Gasteiger partial charge in [-0.3, -0.25) is 15.2 Å². The number of benzene rings is 1. The maximum Gasteiger partial charge on any atom is 0.321 e. The summed E-state index contributed by atoms with van der Waals surface area (Å²) < 4.78 is 0.